The summed E-state index contributed by atoms with van der Waals surface area (Å²) in [6.07, 6.45) is 1.83. The maximum atomic E-state index is 11.5. The highest BCUT2D eigenvalue weighted by Gasteiger charge is 2.14. The molecule has 94 valence electrons. The van der Waals surface area contributed by atoms with E-state index in [1.165, 1.54) is 7.05 Å². The van der Waals surface area contributed by atoms with E-state index in [-0.39, 0.29) is 5.91 Å². The van der Waals surface area contributed by atoms with Crippen molar-refractivity contribution in [1.29, 1.82) is 0 Å². The highest BCUT2D eigenvalue weighted by Crippen LogP contribution is 1.94. The molecule has 0 radical (unpaired) electrons. The summed E-state index contributed by atoms with van der Waals surface area (Å²) in [6, 6.07) is 0.881. The Hall–Kier alpha value is -1.89. The van der Waals surface area contributed by atoms with Crippen LogP contribution in [0.1, 0.15) is 12.6 Å². The lowest BCUT2D eigenvalue weighted by molar-refractivity contribution is -0.121. The molecule has 1 heterocycles. The van der Waals surface area contributed by atoms with Crippen molar-refractivity contribution in [1.82, 2.24) is 25.7 Å². The van der Waals surface area contributed by atoms with Gasteiger partial charge in [-0.25, -0.2) is 4.79 Å². The molecule has 0 aliphatic heterocycles. The van der Waals surface area contributed by atoms with Crippen LogP contribution in [0.25, 0.3) is 0 Å². The third-order valence-electron chi connectivity index (χ3n) is 2.22. The van der Waals surface area contributed by atoms with Crippen molar-refractivity contribution in [3.8, 4) is 0 Å². The molecule has 0 spiro atoms. The maximum absolute atomic E-state index is 11.5. The largest absolute Gasteiger partial charge is 0.341 e. The zero-order valence-corrected chi connectivity index (χ0v) is 10.2. The summed E-state index contributed by atoms with van der Waals surface area (Å²) in [7, 11) is 3.28. The lowest BCUT2D eigenvalue weighted by atomic mass is 10.3. The number of hydrogen-bond donors (Lipinski definition) is 3. The third-order valence-corrected chi connectivity index (χ3v) is 2.22. The summed E-state index contributed by atoms with van der Waals surface area (Å²) >= 11 is 0. The Bertz CT molecular complexity index is 401. The van der Waals surface area contributed by atoms with Gasteiger partial charge in [-0.3, -0.25) is 14.8 Å². The lowest BCUT2D eigenvalue weighted by Crippen LogP contribution is -2.47. The molecule has 0 aliphatic carbocycles. The number of nitrogens with one attached hydrogen (secondary N) is 3. The molecule has 3 amide bonds. The van der Waals surface area contributed by atoms with E-state index >= 15 is 0 Å². The molecule has 17 heavy (non-hydrogen) atoms. The van der Waals surface area contributed by atoms with Gasteiger partial charge in [0.05, 0.1) is 11.7 Å². The van der Waals surface area contributed by atoms with E-state index in [1.54, 1.807) is 11.6 Å². The van der Waals surface area contributed by atoms with Crippen molar-refractivity contribution in [2.45, 2.75) is 19.5 Å². The van der Waals surface area contributed by atoms with Crippen LogP contribution in [0.5, 0.6) is 0 Å². The predicted octanol–water partition coefficient (Wildman–Crippen LogP) is -0.646. The Balaban J connectivity index is 2.36. The van der Waals surface area contributed by atoms with Gasteiger partial charge < -0.3 is 10.6 Å². The van der Waals surface area contributed by atoms with Gasteiger partial charge in [-0.15, -0.1) is 0 Å². The second-order valence-electron chi connectivity index (χ2n) is 3.65. The van der Waals surface area contributed by atoms with Crippen LogP contribution in [0.15, 0.2) is 12.3 Å². The van der Waals surface area contributed by atoms with Gasteiger partial charge in [0.15, 0.2) is 0 Å². The first-order valence-corrected chi connectivity index (χ1v) is 5.27. The minimum absolute atomic E-state index is 0.375. The molecule has 3 N–H and O–H groups in total. The molecule has 0 saturated heterocycles. The van der Waals surface area contributed by atoms with Crippen LogP contribution >= 0.6 is 0 Å². The number of imide groups is 1. The maximum Gasteiger partial charge on any atom is 0.321 e. The van der Waals surface area contributed by atoms with Gasteiger partial charge in [0.25, 0.3) is 0 Å². The monoisotopic (exact) mass is 239 g/mol. The summed E-state index contributed by atoms with van der Waals surface area (Å²) in [5, 5.41) is 11.6. The minimum atomic E-state index is -0.513. The van der Waals surface area contributed by atoms with E-state index < -0.39 is 12.1 Å². The van der Waals surface area contributed by atoms with Crippen LogP contribution in [0, 0.1) is 0 Å². The van der Waals surface area contributed by atoms with Crippen LogP contribution in [0.3, 0.4) is 0 Å². The SMILES string of the molecule is CNC(=O)NC(=O)C(C)NCc1ccn(C)n1. The molecular formula is C10H17N5O2. The Kier molecular flexibility index (Phi) is 4.65. The van der Waals surface area contributed by atoms with Gasteiger partial charge >= 0.3 is 6.03 Å². The highest BCUT2D eigenvalue weighted by molar-refractivity contribution is 5.96. The Morgan fingerprint density at radius 1 is 1.53 bits per heavy atom. The molecule has 7 nitrogen and oxygen atoms in total. The molecule has 0 saturated carbocycles. The number of urea groups is 1. The van der Waals surface area contributed by atoms with Gasteiger partial charge in [0, 0.05) is 26.8 Å². The van der Waals surface area contributed by atoms with Gasteiger partial charge in [-0.2, -0.15) is 5.10 Å². The van der Waals surface area contributed by atoms with Crippen molar-refractivity contribution in [2.75, 3.05) is 7.05 Å². The van der Waals surface area contributed by atoms with Crippen LogP contribution in [0.4, 0.5) is 4.79 Å². The standard InChI is InChI=1S/C10H17N5O2/c1-7(9(16)13-10(17)11-2)12-6-8-4-5-15(3)14-8/h4-5,7,12H,6H2,1-3H3,(H2,11,13,16,17). The molecule has 1 rings (SSSR count). The second-order valence-corrected chi connectivity index (χ2v) is 3.65. The highest BCUT2D eigenvalue weighted by atomic mass is 16.2. The molecule has 0 fully saturated rings. The molecule has 1 aromatic rings. The quantitative estimate of drug-likeness (QED) is 0.651. The molecule has 1 unspecified atom stereocenters. The molecule has 1 atom stereocenters. The normalized spacial score (nSPS) is 11.9. The zero-order chi connectivity index (χ0) is 12.8. The number of aromatic nitrogens is 2. The van der Waals surface area contributed by atoms with Crippen molar-refractivity contribution in [3.05, 3.63) is 18.0 Å². The fourth-order valence-corrected chi connectivity index (χ4v) is 1.19. The van der Waals surface area contributed by atoms with Crippen molar-refractivity contribution < 1.29 is 9.59 Å². The summed E-state index contributed by atoms with van der Waals surface area (Å²) in [6.45, 7) is 2.16. The Morgan fingerprint density at radius 3 is 2.76 bits per heavy atom. The summed E-state index contributed by atoms with van der Waals surface area (Å²) in [5.74, 6) is -0.375. The lowest BCUT2D eigenvalue weighted by Gasteiger charge is -2.12. The van der Waals surface area contributed by atoms with E-state index in [0.717, 1.165) is 5.69 Å². The van der Waals surface area contributed by atoms with Crippen molar-refractivity contribution >= 4 is 11.9 Å². The van der Waals surface area contributed by atoms with Crippen LogP contribution in [0.2, 0.25) is 0 Å². The van der Waals surface area contributed by atoms with Crippen molar-refractivity contribution in [2.24, 2.45) is 7.05 Å². The van der Waals surface area contributed by atoms with Crippen molar-refractivity contribution in [3.63, 3.8) is 0 Å². The fraction of sp³-hybridized carbons (Fsp3) is 0.500. The first-order chi connectivity index (χ1) is 8.02. The number of nitrogens with zero attached hydrogens (tertiary/aromatic N) is 2. The molecule has 0 bridgehead atoms. The van der Waals surface area contributed by atoms with Crippen LogP contribution < -0.4 is 16.0 Å². The number of amides is 3. The minimum Gasteiger partial charge on any atom is -0.341 e. The molecule has 0 aliphatic rings. The van der Waals surface area contributed by atoms with E-state index in [2.05, 4.69) is 21.0 Å². The Morgan fingerprint density at radius 2 is 2.24 bits per heavy atom. The second kappa shape index (κ2) is 6.00. The number of carbonyl (C=O) groups is 2. The van der Waals surface area contributed by atoms with Gasteiger partial charge in [0.1, 0.15) is 0 Å². The zero-order valence-electron chi connectivity index (χ0n) is 10.2. The van der Waals surface area contributed by atoms with Crippen LogP contribution in [-0.4, -0.2) is 34.8 Å². The van der Waals surface area contributed by atoms with E-state index in [4.69, 9.17) is 0 Å². The molecular weight excluding hydrogens is 222 g/mol. The van der Waals surface area contributed by atoms with E-state index in [9.17, 15) is 9.59 Å². The first-order valence-electron chi connectivity index (χ1n) is 5.27. The number of carbonyl (C=O) groups excluding carboxylic acids is 2. The van der Waals surface area contributed by atoms with Gasteiger partial charge in [0.2, 0.25) is 5.91 Å². The number of aryl methyl sites for hydroxylation is 1. The summed E-state index contributed by atoms with van der Waals surface area (Å²) < 4.78 is 1.69. The average Bonchev–Trinajstić information content (AvgIpc) is 2.71. The molecule has 0 aromatic carbocycles. The topological polar surface area (TPSA) is 88.0 Å². The molecule has 7 heteroatoms. The van der Waals surface area contributed by atoms with Crippen LogP contribution in [-0.2, 0) is 18.4 Å². The van der Waals surface area contributed by atoms with E-state index in [0.29, 0.717) is 6.54 Å². The molecule has 1 aromatic heterocycles. The number of rotatable bonds is 4. The van der Waals surface area contributed by atoms with E-state index in [1.807, 2.05) is 19.3 Å². The number of hydrogen-bond acceptors (Lipinski definition) is 4. The third kappa shape index (κ3) is 4.23. The fourth-order valence-electron chi connectivity index (χ4n) is 1.19. The smallest absolute Gasteiger partial charge is 0.321 e. The summed E-state index contributed by atoms with van der Waals surface area (Å²) in [4.78, 5) is 22.4. The first kappa shape index (κ1) is 13.2. The van der Waals surface area contributed by atoms with Gasteiger partial charge in [-0.1, -0.05) is 0 Å². The average molecular weight is 239 g/mol. The summed E-state index contributed by atoms with van der Waals surface area (Å²) in [5.41, 5.74) is 0.840. The Labute approximate surface area is 99.6 Å². The predicted molar refractivity (Wildman–Crippen MR) is 62.1 cm³/mol. The van der Waals surface area contributed by atoms with Gasteiger partial charge in [-0.05, 0) is 13.0 Å².